The highest BCUT2D eigenvalue weighted by Gasteiger charge is 2.30. The van der Waals surface area contributed by atoms with E-state index >= 15 is 0 Å². The molecule has 1 aliphatic heterocycles. The van der Waals surface area contributed by atoms with Gasteiger partial charge in [0.15, 0.2) is 14.9 Å². The highest BCUT2D eigenvalue weighted by atomic mass is 32.2. The summed E-state index contributed by atoms with van der Waals surface area (Å²) in [5, 5.41) is 4.04. The van der Waals surface area contributed by atoms with Crippen molar-refractivity contribution in [2.45, 2.75) is 6.04 Å². The number of rotatable bonds is 3. The number of hydrogen-bond donors (Lipinski definition) is 1. The van der Waals surface area contributed by atoms with E-state index in [-0.39, 0.29) is 16.8 Å². The zero-order valence-corrected chi connectivity index (χ0v) is 14.8. The molecule has 2 aromatic carbocycles. The number of hydrogen-bond acceptors (Lipinski definition) is 4. The van der Waals surface area contributed by atoms with Crippen LogP contribution in [0.3, 0.4) is 0 Å². The molecule has 2 aromatic rings. The number of carbonyl (C=O) groups is 1. The van der Waals surface area contributed by atoms with Gasteiger partial charge in [-0.25, -0.2) is 8.42 Å². The molecule has 0 saturated heterocycles. The minimum Gasteiger partial charge on any atom is -0.311 e. The third-order valence-corrected chi connectivity index (χ3v) is 5.43. The number of thiocarbonyl (C=S) groups is 1. The molecule has 0 spiro atoms. The van der Waals surface area contributed by atoms with Crippen molar-refractivity contribution in [2.24, 2.45) is 0 Å². The maximum Gasteiger partial charge on any atom is 0.257 e. The smallest absolute Gasteiger partial charge is 0.257 e. The lowest BCUT2D eigenvalue weighted by Crippen LogP contribution is -2.48. The van der Waals surface area contributed by atoms with Gasteiger partial charge < -0.3 is 4.90 Å². The lowest BCUT2D eigenvalue weighted by molar-refractivity contribution is 0.0977. The predicted octanol–water partition coefficient (Wildman–Crippen LogP) is 2.52. The molecule has 1 aliphatic rings. The Balaban J connectivity index is 1.86. The van der Waals surface area contributed by atoms with Crippen LogP contribution in [-0.2, 0) is 9.84 Å². The van der Waals surface area contributed by atoms with E-state index < -0.39 is 15.9 Å². The van der Waals surface area contributed by atoms with Gasteiger partial charge in [0.1, 0.15) is 0 Å². The summed E-state index contributed by atoms with van der Waals surface area (Å²) in [6.45, 7) is 0. The predicted molar refractivity (Wildman–Crippen MR) is 102 cm³/mol. The van der Waals surface area contributed by atoms with Gasteiger partial charge in [0.2, 0.25) is 0 Å². The van der Waals surface area contributed by atoms with Gasteiger partial charge in [0, 0.05) is 16.7 Å². The van der Waals surface area contributed by atoms with Gasteiger partial charge in [-0.15, -0.1) is 0 Å². The average Bonchev–Trinajstić information content (AvgIpc) is 2.96. The van der Waals surface area contributed by atoms with Crippen LogP contribution < -0.4 is 10.2 Å². The van der Waals surface area contributed by atoms with Gasteiger partial charge in [-0.3, -0.25) is 10.1 Å². The summed E-state index contributed by atoms with van der Waals surface area (Å²) in [4.78, 5) is 14.0. The molecule has 1 atom stereocenters. The second kappa shape index (κ2) is 7.16. The topological polar surface area (TPSA) is 66.5 Å². The van der Waals surface area contributed by atoms with Crippen LogP contribution >= 0.6 is 12.2 Å². The SMILES string of the molecule is O=C(NC(=S)N(c1ccccc1)[C@H]1C=CS(=O)(=O)C1)c1ccccc1. The Morgan fingerprint density at radius 3 is 2.20 bits per heavy atom. The first kappa shape index (κ1) is 17.3. The molecule has 1 N–H and O–H groups in total. The van der Waals surface area contributed by atoms with Gasteiger partial charge >= 0.3 is 0 Å². The summed E-state index contributed by atoms with van der Waals surface area (Å²) in [5.41, 5.74) is 1.19. The van der Waals surface area contributed by atoms with E-state index in [9.17, 15) is 13.2 Å². The molecular weight excluding hydrogens is 356 g/mol. The fourth-order valence-corrected chi connectivity index (χ4v) is 4.19. The summed E-state index contributed by atoms with van der Waals surface area (Å²) < 4.78 is 23.6. The lowest BCUT2D eigenvalue weighted by atomic mass is 10.2. The Morgan fingerprint density at radius 1 is 1.04 bits per heavy atom. The van der Waals surface area contributed by atoms with Gasteiger partial charge in [0.05, 0.1) is 11.8 Å². The van der Waals surface area contributed by atoms with Crippen LogP contribution in [0.4, 0.5) is 5.69 Å². The van der Waals surface area contributed by atoms with Crippen molar-refractivity contribution in [1.82, 2.24) is 5.32 Å². The fraction of sp³-hybridized carbons (Fsp3) is 0.111. The van der Waals surface area contributed by atoms with Crippen molar-refractivity contribution in [2.75, 3.05) is 10.7 Å². The van der Waals surface area contributed by atoms with Crippen LogP contribution in [0.25, 0.3) is 0 Å². The average molecular weight is 372 g/mol. The minimum atomic E-state index is -3.26. The molecule has 0 unspecified atom stereocenters. The van der Waals surface area contributed by atoms with Crippen molar-refractivity contribution >= 4 is 38.8 Å². The summed E-state index contributed by atoms with van der Waals surface area (Å²) in [6, 6.07) is 17.4. The molecule has 0 fully saturated rings. The number of amides is 1. The van der Waals surface area contributed by atoms with E-state index in [4.69, 9.17) is 12.2 Å². The van der Waals surface area contributed by atoms with Crippen LogP contribution in [0.5, 0.6) is 0 Å². The summed E-state index contributed by atoms with van der Waals surface area (Å²) in [7, 11) is -3.26. The van der Waals surface area contributed by atoms with E-state index in [1.807, 2.05) is 36.4 Å². The number of para-hydroxylation sites is 1. The van der Waals surface area contributed by atoms with Crippen molar-refractivity contribution in [3.05, 3.63) is 77.7 Å². The standard InChI is InChI=1S/C18H16N2O3S2/c21-17(14-7-3-1-4-8-14)19-18(24)20(15-9-5-2-6-10-15)16-11-12-25(22,23)13-16/h1-12,16H,13H2,(H,19,21,24)/t16-/m0/s1. The molecule has 5 nitrogen and oxygen atoms in total. The first-order chi connectivity index (χ1) is 12.0. The number of nitrogens with one attached hydrogen (secondary N) is 1. The summed E-state index contributed by atoms with van der Waals surface area (Å²) in [6.07, 6.45) is 1.59. The second-order valence-corrected chi connectivity index (χ2v) is 7.87. The van der Waals surface area contributed by atoms with Crippen LogP contribution in [0.15, 0.2) is 72.1 Å². The van der Waals surface area contributed by atoms with Crippen LogP contribution in [0.2, 0.25) is 0 Å². The molecule has 3 rings (SSSR count). The molecule has 1 amide bonds. The zero-order chi connectivity index (χ0) is 17.9. The number of anilines is 1. The molecule has 128 valence electrons. The molecule has 7 heteroatoms. The molecule has 0 aliphatic carbocycles. The highest BCUT2D eigenvalue weighted by Crippen LogP contribution is 2.22. The number of carbonyl (C=O) groups excluding carboxylic acids is 1. The maximum absolute atomic E-state index is 12.4. The van der Waals surface area contributed by atoms with Gasteiger partial charge in [0.25, 0.3) is 5.91 Å². The molecule has 0 radical (unpaired) electrons. The quantitative estimate of drug-likeness (QED) is 0.839. The Morgan fingerprint density at radius 2 is 1.64 bits per heavy atom. The Kier molecular flexibility index (Phi) is 4.96. The largest absolute Gasteiger partial charge is 0.311 e. The summed E-state index contributed by atoms with van der Waals surface area (Å²) >= 11 is 5.41. The third-order valence-electron chi connectivity index (χ3n) is 3.75. The van der Waals surface area contributed by atoms with Crippen LogP contribution in [-0.4, -0.2) is 31.2 Å². The normalized spacial score (nSPS) is 17.8. The van der Waals surface area contributed by atoms with Gasteiger partial charge in [-0.2, -0.15) is 0 Å². The number of nitrogens with zero attached hydrogens (tertiary/aromatic N) is 1. The van der Waals surface area contributed by atoms with Gasteiger partial charge in [-0.05, 0) is 42.6 Å². The van der Waals surface area contributed by atoms with Crippen LogP contribution in [0.1, 0.15) is 10.4 Å². The molecular formula is C18H16N2O3S2. The van der Waals surface area contributed by atoms with Crippen molar-refractivity contribution < 1.29 is 13.2 Å². The van der Waals surface area contributed by atoms with E-state index in [0.717, 1.165) is 0 Å². The highest BCUT2D eigenvalue weighted by molar-refractivity contribution is 7.94. The maximum atomic E-state index is 12.4. The molecule has 1 heterocycles. The molecule has 25 heavy (non-hydrogen) atoms. The number of benzene rings is 2. The number of sulfone groups is 1. The molecule has 0 aromatic heterocycles. The first-order valence-electron chi connectivity index (χ1n) is 7.62. The Hall–Kier alpha value is -2.51. The lowest BCUT2D eigenvalue weighted by Gasteiger charge is -2.30. The van der Waals surface area contributed by atoms with Crippen molar-refractivity contribution in [1.29, 1.82) is 0 Å². The zero-order valence-electron chi connectivity index (χ0n) is 13.2. The Labute approximate surface area is 151 Å². The van der Waals surface area contributed by atoms with E-state index in [0.29, 0.717) is 11.3 Å². The van der Waals surface area contributed by atoms with E-state index in [1.54, 1.807) is 35.2 Å². The van der Waals surface area contributed by atoms with Gasteiger partial charge in [-0.1, -0.05) is 36.4 Å². The van der Waals surface area contributed by atoms with Crippen LogP contribution in [0, 0.1) is 0 Å². The second-order valence-electron chi connectivity index (χ2n) is 5.56. The first-order valence-corrected chi connectivity index (χ1v) is 9.74. The fourth-order valence-electron chi connectivity index (χ4n) is 2.59. The Bertz CT molecular complexity index is 910. The minimum absolute atomic E-state index is 0.0801. The third kappa shape index (κ3) is 4.12. The monoisotopic (exact) mass is 372 g/mol. The van der Waals surface area contributed by atoms with E-state index in [2.05, 4.69) is 5.32 Å². The van der Waals surface area contributed by atoms with Crippen molar-refractivity contribution in [3.8, 4) is 0 Å². The summed E-state index contributed by atoms with van der Waals surface area (Å²) in [5.74, 6) is -0.417. The molecule has 0 saturated carbocycles. The molecule has 0 bridgehead atoms. The van der Waals surface area contributed by atoms with E-state index in [1.165, 1.54) is 5.41 Å². The van der Waals surface area contributed by atoms with Crippen molar-refractivity contribution in [3.63, 3.8) is 0 Å².